The van der Waals surface area contributed by atoms with Crippen LogP contribution in [0.5, 0.6) is 0 Å². The fraction of sp³-hybridized carbons (Fsp3) is 0.217. The zero-order chi connectivity index (χ0) is 21.6. The van der Waals surface area contributed by atoms with Crippen LogP contribution in [0.2, 0.25) is 5.02 Å². The zero-order valence-electron chi connectivity index (χ0n) is 16.8. The Bertz CT molecular complexity index is 1020. The van der Waals surface area contributed by atoms with E-state index in [2.05, 4.69) is 20.3 Å². The summed E-state index contributed by atoms with van der Waals surface area (Å²) >= 11 is 5.94. The second-order valence-electron chi connectivity index (χ2n) is 7.28. The number of hydrogen-bond donors (Lipinski definition) is 1. The number of hydrazine groups is 1. The smallest absolute Gasteiger partial charge is 0.278 e. The molecule has 1 fully saturated rings. The van der Waals surface area contributed by atoms with Crippen LogP contribution in [0.3, 0.4) is 0 Å². The maximum Gasteiger partial charge on any atom is 0.278 e. The molecule has 0 bridgehead atoms. The largest absolute Gasteiger partial charge is 0.371 e. The second kappa shape index (κ2) is 9.57. The molecule has 3 heterocycles. The number of piperidine rings is 1. The molecule has 1 aliphatic heterocycles. The number of nitrogens with zero attached hydrogens (tertiary/aromatic N) is 4. The van der Waals surface area contributed by atoms with Gasteiger partial charge in [0.05, 0.1) is 5.02 Å². The van der Waals surface area contributed by atoms with Crippen molar-refractivity contribution in [2.45, 2.75) is 12.8 Å². The lowest BCUT2D eigenvalue weighted by Gasteiger charge is -2.34. The fourth-order valence-electron chi connectivity index (χ4n) is 3.58. The molecular weight excluding hydrogens is 414 g/mol. The summed E-state index contributed by atoms with van der Waals surface area (Å²) in [6, 6.07) is 15.9. The highest BCUT2D eigenvalue weighted by molar-refractivity contribution is 6.30. The quantitative estimate of drug-likeness (QED) is 0.632. The molecule has 0 unspecified atom stereocenters. The van der Waals surface area contributed by atoms with Crippen LogP contribution in [-0.2, 0) is 4.79 Å². The van der Waals surface area contributed by atoms with Gasteiger partial charge in [-0.15, -0.1) is 0 Å². The lowest BCUT2D eigenvalue weighted by atomic mass is 9.96. The van der Waals surface area contributed by atoms with Crippen LogP contribution in [-0.4, -0.2) is 34.9 Å². The van der Waals surface area contributed by atoms with Crippen LogP contribution < -0.4 is 15.3 Å². The zero-order valence-corrected chi connectivity index (χ0v) is 17.6. The van der Waals surface area contributed by atoms with Crippen molar-refractivity contribution in [1.82, 2.24) is 15.4 Å². The van der Waals surface area contributed by atoms with E-state index in [1.807, 2.05) is 18.2 Å². The van der Waals surface area contributed by atoms with Gasteiger partial charge < -0.3 is 4.90 Å². The predicted octanol–water partition coefficient (Wildman–Crippen LogP) is 3.72. The Balaban J connectivity index is 1.47. The molecule has 8 heteroatoms. The highest BCUT2D eigenvalue weighted by atomic mass is 35.5. The van der Waals surface area contributed by atoms with Gasteiger partial charge in [-0.25, -0.2) is 4.98 Å². The molecule has 0 aliphatic carbocycles. The van der Waals surface area contributed by atoms with E-state index in [9.17, 15) is 9.59 Å². The van der Waals surface area contributed by atoms with Crippen LogP contribution in [0.15, 0.2) is 73.2 Å². The number of halogens is 1. The van der Waals surface area contributed by atoms with Gasteiger partial charge >= 0.3 is 0 Å². The van der Waals surface area contributed by atoms with Crippen LogP contribution in [0, 0.1) is 5.92 Å². The minimum atomic E-state index is -0.363. The number of anilines is 2. The molecule has 0 atom stereocenters. The molecule has 0 radical (unpaired) electrons. The number of amides is 2. The average molecular weight is 436 g/mol. The number of hydrogen-bond acceptors (Lipinski definition) is 5. The maximum absolute atomic E-state index is 13.1. The summed E-state index contributed by atoms with van der Waals surface area (Å²) in [6.07, 6.45) is 6.35. The lowest BCUT2D eigenvalue weighted by molar-refractivity contribution is -0.125. The van der Waals surface area contributed by atoms with Gasteiger partial charge in [-0.3, -0.25) is 20.0 Å². The Morgan fingerprint density at radius 2 is 1.71 bits per heavy atom. The van der Waals surface area contributed by atoms with Crippen molar-refractivity contribution in [3.05, 3.63) is 83.8 Å². The fourth-order valence-corrected chi connectivity index (χ4v) is 3.69. The standard InChI is InChI=1S/C23H22ClN5O2/c24-19-6-7-21(26-16-19)29(23(31)18-4-2-1-3-5-18)27-22(30)17-10-14-28(15-11-17)20-8-12-25-13-9-20/h1-9,12-13,16-17H,10-11,14-15H2,(H,27,30). The number of aromatic nitrogens is 2. The maximum atomic E-state index is 13.1. The van der Waals surface area contributed by atoms with E-state index >= 15 is 0 Å². The van der Waals surface area contributed by atoms with Gasteiger partial charge in [-0.1, -0.05) is 29.8 Å². The topological polar surface area (TPSA) is 78.4 Å². The molecule has 1 saturated heterocycles. The average Bonchev–Trinajstić information content (AvgIpc) is 2.84. The summed E-state index contributed by atoms with van der Waals surface area (Å²) in [4.78, 5) is 36.7. The van der Waals surface area contributed by atoms with Gasteiger partial charge in [-0.2, -0.15) is 5.01 Å². The summed E-state index contributed by atoms with van der Waals surface area (Å²) in [5.74, 6) is -0.453. The van der Waals surface area contributed by atoms with E-state index in [1.54, 1.807) is 48.8 Å². The molecule has 4 rings (SSSR count). The van der Waals surface area contributed by atoms with E-state index in [-0.39, 0.29) is 17.7 Å². The predicted molar refractivity (Wildman–Crippen MR) is 120 cm³/mol. The van der Waals surface area contributed by atoms with Gasteiger partial charge in [-0.05, 0) is 49.2 Å². The molecule has 1 aromatic carbocycles. The molecule has 31 heavy (non-hydrogen) atoms. The minimum absolute atomic E-state index is 0.198. The number of carbonyl (C=O) groups excluding carboxylic acids is 2. The lowest BCUT2D eigenvalue weighted by Crippen LogP contribution is -2.51. The number of rotatable bonds is 4. The van der Waals surface area contributed by atoms with Crippen molar-refractivity contribution in [3.8, 4) is 0 Å². The Hall–Kier alpha value is -3.45. The Labute approximate surface area is 185 Å². The summed E-state index contributed by atoms with van der Waals surface area (Å²) < 4.78 is 0. The van der Waals surface area contributed by atoms with E-state index < -0.39 is 0 Å². The SMILES string of the molecule is O=C(NN(C(=O)c1ccccc1)c1ccc(Cl)cn1)C1CCN(c2ccncc2)CC1. The Morgan fingerprint density at radius 1 is 1.00 bits per heavy atom. The van der Waals surface area contributed by atoms with Crippen molar-refractivity contribution < 1.29 is 9.59 Å². The first-order valence-corrected chi connectivity index (χ1v) is 10.5. The van der Waals surface area contributed by atoms with E-state index in [1.165, 1.54) is 11.2 Å². The molecule has 0 spiro atoms. The van der Waals surface area contributed by atoms with Crippen molar-refractivity contribution in [2.24, 2.45) is 5.92 Å². The molecule has 1 N–H and O–H groups in total. The van der Waals surface area contributed by atoms with Crippen molar-refractivity contribution >= 4 is 34.9 Å². The molecule has 7 nitrogen and oxygen atoms in total. The van der Waals surface area contributed by atoms with E-state index in [0.29, 0.717) is 29.2 Å². The second-order valence-corrected chi connectivity index (χ2v) is 7.72. The van der Waals surface area contributed by atoms with Gasteiger partial charge in [0.2, 0.25) is 5.91 Å². The number of pyridine rings is 2. The highest BCUT2D eigenvalue weighted by Gasteiger charge is 2.29. The molecule has 2 amide bonds. The van der Waals surface area contributed by atoms with E-state index in [0.717, 1.165) is 18.8 Å². The first kappa shape index (κ1) is 20.8. The molecule has 0 saturated carbocycles. The highest BCUT2D eigenvalue weighted by Crippen LogP contribution is 2.23. The van der Waals surface area contributed by atoms with Gasteiger partial charge in [0.15, 0.2) is 5.82 Å². The number of benzene rings is 1. The van der Waals surface area contributed by atoms with Crippen LogP contribution in [0.4, 0.5) is 11.5 Å². The van der Waals surface area contributed by atoms with Crippen molar-refractivity contribution in [1.29, 1.82) is 0 Å². The third-order valence-corrected chi connectivity index (χ3v) is 5.50. The Morgan fingerprint density at radius 3 is 2.35 bits per heavy atom. The van der Waals surface area contributed by atoms with Crippen LogP contribution in [0.25, 0.3) is 0 Å². The summed E-state index contributed by atoms with van der Waals surface area (Å²) in [6.45, 7) is 1.52. The van der Waals surface area contributed by atoms with E-state index in [4.69, 9.17) is 11.6 Å². The van der Waals surface area contributed by atoms with Crippen LogP contribution >= 0.6 is 11.6 Å². The summed E-state index contributed by atoms with van der Waals surface area (Å²) in [5, 5.41) is 1.65. The third-order valence-electron chi connectivity index (χ3n) is 5.28. The monoisotopic (exact) mass is 435 g/mol. The molecule has 158 valence electrons. The molecule has 1 aliphatic rings. The molecule has 2 aromatic heterocycles. The minimum Gasteiger partial charge on any atom is -0.371 e. The van der Waals surface area contributed by atoms with Gasteiger partial charge in [0.25, 0.3) is 5.91 Å². The number of carbonyl (C=O) groups is 2. The Kier molecular flexibility index (Phi) is 6.43. The van der Waals surface area contributed by atoms with Crippen LogP contribution in [0.1, 0.15) is 23.2 Å². The summed E-state index contributed by atoms with van der Waals surface area (Å²) in [7, 11) is 0. The normalized spacial score (nSPS) is 14.2. The first-order valence-electron chi connectivity index (χ1n) is 10.1. The van der Waals surface area contributed by atoms with Crippen molar-refractivity contribution in [3.63, 3.8) is 0 Å². The third kappa shape index (κ3) is 5.00. The number of nitrogens with one attached hydrogen (secondary N) is 1. The summed E-state index contributed by atoms with van der Waals surface area (Å²) in [5.41, 5.74) is 4.33. The first-order chi connectivity index (χ1) is 15.1. The molecular formula is C23H22ClN5O2. The molecule has 3 aromatic rings. The van der Waals surface area contributed by atoms with Gasteiger partial charge in [0.1, 0.15) is 0 Å². The van der Waals surface area contributed by atoms with Crippen molar-refractivity contribution in [2.75, 3.05) is 23.0 Å². The van der Waals surface area contributed by atoms with Gasteiger partial charge in [0, 0.05) is 48.8 Å².